The Morgan fingerprint density at radius 1 is 1.15 bits per heavy atom. The van der Waals surface area contributed by atoms with Crippen molar-refractivity contribution < 1.29 is 9.32 Å². The summed E-state index contributed by atoms with van der Waals surface area (Å²) < 4.78 is 7.13. The Hall–Kier alpha value is -3.38. The molecule has 0 aliphatic rings. The van der Waals surface area contributed by atoms with Crippen LogP contribution in [-0.2, 0) is 0 Å². The number of benzene rings is 2. The Labute approximate surface area is 160 Å². The molecule has 2 aromatic carbocycles. The van der Waals surface area contributed by atoms with Crippen molar-refractivity contribution in [2.75, 3.05) is 5.32 Å². The van der Waals surface area contributed by atoms with Crippen LogP contribution in [0.1, 0.15) is 16.1 Å². The molecule has 2 heterocycles. The number of aryl methyl sites for hydroxylation is 1. The molecule has 4 rings (SSSR count). The molecule has 6 nitrogen and oxygen atoms in total. The minimum absolute atomic E-state index is 0.306. The minimum Gasteiger partial charge on any atom is -0.360 e. The summed E-state index contributed by atoms with van der Waals surface area (Å²) in [6.07, 6.45) is 5.27. The molecule has 0 radical (unpaired) electrons. The number of nitrogens with zero attached hydrogens (tertiary/aromatic N) is 3. The van der Waals surface area contributed by atoms with Crippen molar-refractivity contribution in [3.05, 3.63) is 83.6 Å². The molecular formula is C20H15ClN4O2. The third-order valence-corrected chi connectivity index (χ3v) is 4.48. The van der Waals surface area contributed by atoms with E-state index < -0.39 is 0 Å². The van der Waals surface area contributed by atoms with Gasteiger partial charge in [-0.3, -0.25) is 4.79 Å². The largest absolute Gasteiger partial charge is 0.360 e. The molecule has 0 unspecified atom stereocenters. The first kappa shape index (κ1) is 17.1. The van der Waals surface area contributed by atoms with Crippen LogP contribution in [-0.4, -0.2) is 20.6 Å². The third-order valence-electron chi connectivity index (χ3n) is 4.15. The molecule has 1 N–H and O–H groups in total. The monoisotopic (exact) mass is 378 g/mol. The first-order valence-corrected chi connectivity index (χ1v) is 8.62. The van der Waals surface area contributed by atoms with E-state index in [4.69, 9.17) is 16.1 Å². The summed E-state index contributed by atoms with van der Waals surface area (Å²) in [4.78, 5) is 16.9. The smallest absolute Gasteiger partial charge is 0.261 e. The van der Waals surface area contributed by atoms with Crippen molar-refractivity contribution in [2.45, 2.75) is 6.92 Å². The van der Waals surface area contributed by atoms with Gasteiger partial charge >= 0.3 is 0 Å². The van der Waals surface area contributed by atoms with Gasteiger partial charge in [0.05, 0.1) is 11.3 Å². The SMILES string of the molecule is Cc1onc(-c2ccccc2Cl)c1C(=O)Nc1ccc(-n2ccnc2)cc1. The zero-order chi connectivity index (χ0) is 18.8. The number of nitrogens with one attached hydrogen (secondary N) is 1. The topological polar surface area (TPSA) is 73.0 Å². The summed E-state index contributed by atoms with van der Waals surface area (Å²) in [6.45, 7) is 1.70. The van der Waals surface area contributed by atoms with Crippen molar-refractivity contribution in [2.24, 2.45) is 0 Å². The lowest BCUT2D eigenvalue weighted by atomic mass is 10.1. The minimum atomic E-state index is -0.306. The van der Waals surface area contributed by atoms with Crippen molar-refractivity contribution in [1.82, 2.24) is 14.7 Å². The molecule has 4 aromatic rings. The lowest BCUT2D eigenvalue weighted by Crippen LogP contribution is -2.13. The molecule has 0 spiro atoms. The first-order chi connectivity index (χ1) is 13.1. The number of aromatic nitrogens is 3. The summed E-state index contributed by atoms with van der Waals surface area (Å²) in [5.41, 5.74) is 3.04. The number of hydrogen-bond donors (Lipinski definition) is 1. The highest BCUT2D eigenvalue weighted by atomic mass is 35.5. The first-order valence-electron chi connectivity index (χ1n) is 8.24. The van der Waals surface area contributed by atoms with Gasteiger partial charge in [-0.15, -0.1) is 0 Å². The van der Waals surface area contributed by atoms with Gasteiger partial charge in [-0.05, 0) is 37.3 Å². The normalized spacial score (nSPS) is 10.7. The number of imidazole rings is 1. The zero-order valence-electron chi connectivity index (χ0n) is 14.4. The van der Waals surface area contributed by atoms with Crippen LogP contribution in [0, 0.1) is 6.92 Å². The third kappa shape index (κ3) is 3.35. The van der Waals surface area contributed by atoms with E-state index in [1.165, 1.54) is 0 Å². The second-order valence-corrected chi connectivity index (χ2v) is 6.32. The van der Waals surface area contributed by atoms with Gasteiger partial charge in [0.2, 0.25) is 0 Å². The van der Waals surface area contributed by atoms with Gasteiger partial charge < -0.3 is 14.4 Å². The highest BCUT2D eigenvalue weighted by molar-refractivity contribution is 6.33. The lowest BCUT2D eigenvalue weighted by Gasteiger charge is -2.08. The fourth-order valence-electron chi connectivity index (χ4n) is 2.80. The molecule has 0 aliphatic heterocycles. The van der Waals surface area contributed by atoms with Crippen LogP contribution in [0.3, 0.4) is 0 Å². The molecule has 0 fully saturated rings. The average molecular weight is 379 g/mol. The van der Waals surface area contributed by atoms with Gasteiger partial charge in [-0.1, -0.05) is 35.0 Å². The molecular weight excluding hydrogens is 364 g/mol. The average Bonchev–Trinajstić information content (AvgIpc) is 3.33. The van der Waals surface area contributed by atoms with E-state index in [0.717, 1.165) is 5.69 Å². The molecule has 2 aromatic heterocycles. The van der Waals surface area contributed by atoms with E-state index in [-0.39, 0.29) is 5.91 Å². The molecule has 0 bridgehead atoms. The number of carbonyl (C=O) groups is 1. The van der Waals surface area contributed by atoms with Crippen molar-refractivity contribution in [3.63, 3.8) is 0 Å². The van der Waals surface area contributed by atoms with Crippen LogP contribution in [0.15, 0.2) is 71.8 Å². The fraction of sp³-hybridized carbons (Fsp3) is 0.0500. The van der Waals surface area contributed by atoms with Crippen LogP contribution in [0.25, 0.3) is 16.9 Å². The van der Waals surface area contributed by atoms with Gasteiger partial charge in [0.25, 0.3) is 5.91 Å². The van der Waals surface area contributed by atoms with Gasteiger partial charge in [-0.25, -0.2) is 4.98 Å². The molecule has 0 saturated carbocycles. The number of carbonyl (C=O) groups excluding carboxylic acids is 1. The van der Waals surface area contributed by atoms with Gasteiger partial charge in [0.1, 0.15) is 17.0 Å². The fourth-order valence-corrected chi connectivity index (χ4v) is 3.02. The predicted octanol–water partition coefficient (Wildman–Crippen LogP) is 4.74. The molecule has 0 saturated heterocycles. The highest BCUT2D eigenvalue weighted by Crippen LogP contribution is 2.31. The summed E-state index contributed by atoms with van der Waals surface area (Å²) in [6, 6.07) is 14.6. The van der Waals surface area contributed by atoms with Gasteiger partial charge in [0.15, 0.2) is 0 Å². The number of halogens is 1. The molecule has 1 amide bonds. The summed E-state index contributed by atoms with van der Waals surface area (Å²) in [7, 11) is 0. The van der Waals surface area contributed by atoms with Gasteiger partial charge in [-0.2, -0.15) is 0 Å². The van der Waals surface area contributed by atoms with Crippen LogP contribution in [0.4, 0.5) is 5.69 Å². The Kier molecular flexibility index (Phi) is 4.48. The highest BCUT2D eigenvalue weighted by Gasteiger charge is 2.23. The summed E-state index contributed by atoms with van der Waals surface area (Å²) in [5.74, 6) is 0.122. The van der Waals surface area contributed by atoms with Crippen molar-refractivity contribution >= 4 is 23.2 Å². The number of hydrogen-bond acceptors (Lipinski definition) is 4. The van der Waals surface area contributed by atoms with Crippen LogP contribution in [0.2, 0.25) is 5.02 Å². The van der Waals surface area contributed by atoms with Crippen molar-refractivity contribution in [3.8, 4) is 16.9 Å². The number of amides is 1. The predicted molar refractivity (Wildman–Crippen MR) is 103 cm³/mol. The zero-order valence-corrected chi connectivity index (χ0v) is 15.1. The quantitative estimate of drug-likeness (QED) is 0.556. The van der Waals surface area contributed by atoms with E-state index in [1.54, 1.807) is 31.6 Å². The number of rotatable bonds is 4. The molecule has 0 aliphatic carbocycles. The summed E-state index contributed by atoms with van der Waals surface area (Å²) in [5, 5.41) is 7.41. The maximum atomic E-state index is 12.8. The van der Waals surface area contributed by atoms with Crippen molar-refractivity contribution in [1.29, 1.82) is 0 Å². The lowest BCUT2D eigenvalue weighted by molar-refractivity contribution is 0.102. The maximum absolute atomic E-state index is 12.8. The Morgan fingerprint density at radius 2 is 1.93 bits per heavy atom. The van der Waals surface area contributed by atoms with Gasteiger partial charge in [0, 0.05) is 29.3 Å². The second kappa shape index (κ2) is 7.09. The molecule has 0 atom stereocenters. The van der Waals surface area contributed by atoms with Crippen LogP contribution in [0.5, 0.6) is 0 Å². The molecule has 27 heavy (non-hydrogen) atoms. The van der Waals surface area contributed by atoms with E-state index >= 15 is 0 Å². The standard InChI is InChI=1S/C20H15ClN4O2/c1-13-18(19(24-27-13)16-4-2-3-5-17(16)21)20(26)23-14-6-8-15(9-7-14)25-11-10-22-12-25/h2-12H,1H3,(H,23,26). The second-order valence-electron chi connectivity index (χ2n) is 5.91. The Morgan fingerprint density at radius 3 is 2.63 bits per heavy atom. The van der Waals surface area contributed by atoms with Crippen LogP contribution >= 0.6 is 11.6 Å². The van der Waals surface area contributed by atoms with E-state index in [1.807, 2.05) is 47.2 Å². The van der Waals surface area contributed by atoms with E-state index in [0.29, 0.717) is 33.3 Å². The Bertz CT molecular complexity index is 1090. The summed E-state index contributed by atoms with van der Waals surface area (Å²) >= 11 is 6.25. The molecule has 134 valence electrons. The Balaban J connectivity index is 1.61. The van der Waals surface area contributed by atoms with E-state index in [2.05, 4.69) is 15.5 Å². The number of anilines is 1. The molecule has 7 heteroatoms. The van der Waals surface area contributed by atoms with E-state index in [9.17, 15) is 4.79 Å². The maximum Gasteiger partial charge on any atom is 0.261 e. The van der Waals surface area contributed by atoms with Crippen LogP contribution < -0.4 is 5.32 Å².